The standard InChI is InChI=1S/C16H25N3O2/c1-3-19-14-8-5-4-7-13(14)18-15(19)11-16(20,12-21-2)9-6-10-17/h4-5,7-8,20H,3,6,9-12,17H2,1-2H3. The Morgan fingerprint density at radius 2 is 2.14 bits per heavy atom. The molecule has 0 aliphatic rings. The van der Waals surface area contributed by atoms with Gasteiger partial charge < -0.3 is 20.1 Å². The summed E-state index contributed by atoms with van der Waals surface area (Å²) in [6.07, 6.45) is 1.86. The number of methoxy groups -OCH3 is 1. The Bertz CT molecular complexity index is 582. The Morgan fingerprint density at radius 1 is 1.38 bits per heavy atom. The topological polar surface area (TPSA) is 73.3 Å². The lowest BCUT2D eigenvalue weighted by molar-refractivity contribution is -0.0392. The van der Waals surface area contributed by atoms with Crippen LogP contribution in [0.25, 0.3) is 11.0 Å². The summed E-state index contributed by atoms with van der Waals surface area (Å²) < 4.78 is 7.35. The van der Waals surface area contributed by atoms with Crippen LogP contribution in [0, 0.1) is 0 Å². The van der Waals surface area contributed by atoms with Crippen molar-refractivity contribution in [3.05, 3.63) is 30.1 Å². The first-order valence-corrected chi connectivity index (χ1v) is 7.49. The van der Waals surface area contributed by atoms with Gasteiger partial charge in [-0.15, -0.1) is 0 Å². The lowest BCUT2D eigenvalue weighted by Gasteiger charge is -2.27. The van der Waals surface area contributed by atoms with E-state index >= 15 is 0 Å². The number of rotatable bonds is 8. The van der Waals surface area contributed by atoms with Gasteiger partial charge in [0.1, 0.15) is 5.82 Å². The minimum Gasteiger partial charge on any atom is -0.387 e. The summed E-state index contributed by atoms with van der Waals surface area (Å²) in [6.45, 7) is 3.78. The highest BCUT2D eigenvalue weighted by atomic mass is 16.5. The molecule has 0 radical (unpaired) electrons. The van der Waals surface area contributed by atoms with E-state index in [1.165, 1.54) is 0 Å². The molecule has 0 saturated carbocycles. The van der Waals surface area contributed by atoms with Gasteiger partial charge in [0.05, 0.1) is 23.2 Å². The molecule has 5 heteroatoms. The Morgan fingerprint density at radius 3 is 2.81 bits per heavy atom. The third-order valence-corrected chi connectivity index (χ3v) is 3.80. The first kappa shape index (κ1) is 15.9. The maximum Gasteiger partial charge on any atom is 0.112 e. The van der Waals surface area contributed by atoms with Crippen molar-refractivity contribution in [1.29, 1.82) is 0 Å². The fraction of sp³-hybridized carbons (Fsp3) is 0.562. The molecule has 1 unspecified atom stereocenters. The summed E-state index contributed by atoms with van der Waals surface area (Å²) in [7, 11) is 1.61. The zero-order valence-electron chi connectivity index (χ0n) is 12.9. The van der Waals surface area contributed by atoms with E-state index in [0.29, 0.717) is 26.0 Å². The van der Waals surface area contributed by atoms with Crippen LogP contribution in [0.2, 0.25) is 0 Å². The van der Waals surface area contributed by atoms with Crippen LogP contribution in [0.5, 0.6) is 0 Å². The van der Waals surface area contributed by atoms with Gasteiger partial charge in [-0.1, -0.05) is 12.1 Å². The maximum atomic E-state index is 10.8. The third-order valence-electron chi connectivity index (χ3n) is 3.80. The summed E-state index contributed by atoms with van der Waals surface area (Å²) in [5.74, 6) is 0.898. The predicted octanol–water partition coefficient (Wildman–Crippen LogP) is 1.72. The molecule has 0 amide bonds. The average Bonchev–Trinajstić information content (AvgIpc) is 2.82. The molecule has 2 rings (SSSR count). The number of aliphatic hydroxyl groups is 1. The third kappa shape index (κ3) is 3.61. The molecular weight excluding hydrogens is 266 g/mol. The number of nitrogens with zero attached hydrogens (tertiary/aromatic N) is 2. The van der Waals surface area contributed by atoms with E-state index in [1.807, 2.05) is 18.2 Å². The van der Waals surface area contributed by atoms with Gasteiger partial charge >= 0.3 is 0 Å². The van der Waals surface area contributed by atoms with Gasteiger partial charge in [0.15, 0.2) is 0 Å². The van der Waals surface area contributed by atoms with E-state index in [4.69, 9.17) is 10.5 Å². The minimum atomic E-state index is -0.914. The van der Waals surface area contributed by atoms with Crippen LogP contribution >= 0.6 is 0 Å². The van der Waals surface area contributed by atoms with Crippen LogP contribution < -0.4 is 5.73 Å². The fourth-order valence-corrected chi connectivity index (χ4v) is 2.82. The van der Waals surface area contributed by atoms with Crippen LogP contribution in [0.3, 0.4) is 0 Å². The van der Waals surface area contributed by atoms with Gasteiger partial charge in [-0.25, -0.2) is 4.98 Å². The number of nitrogens with two attached hydrogens (primary N) is 1. The zero-order chi connectivity index (χ0) is 15.3. The molecule has 1 heterocycles. The Kier molecular flexibility index (Phi) is 5.33. The number of para-hydroxylation sites is 2. The van der Waals surface area contributed by atoms with Crippen LogP contribution in [0.1, 0.15) is 25.6 Å². The van der Waals surface area contributed by atoms with E-state index in [9.17, 15) is 5.11 Å². The molecule has 21 heavy (non-hydrogen) atoms. The number of hydrogen-bond donors (Lipinski definition) is 2. The summed E-state index contributed by atoms with van der Waals surface area (Å²) in [5, 5.41) is 10.8. The molecule has 2 aromatic rings. The van der Waals surface area contributed by atoms with E-state index in [-0.39, 0.29) is 0 Å². The highest BCUT2D eigenvalue weighted by Crippen LogP contribution is 2.23. The maximum absolute atomic E-state index is 10.8. The highest BCUT2D eigenvalue weighted by Gasteiger charge is 2.29. The number of fused-ring (bicyclic) bond motifs is 1. The van der Waals surface area contributed by atoms with E-state index < -0.39 is 5.60 Å². The van der Waals surface area contributed by atoms with Crippen molar-refractivity contribution in [2.24, 2.45) is 5.73 Å². The number of benzene rings is 1. The molecule has 0 saturated heterocycles. The number of aromatic nitrogens is 2. The van der Waals surface area contributed by atoms with Crippen molar-refractivity contribution >= 4 is 11.0 Å². The summed E-state index contributed by atoms with van der Waals surface area (Å²) in [4.78, 5) is 4.68. The second-order valence-electron chi connectivity index (χ2n) is 5.49. The van der Waals surface area contributed by atoms with E-state index in [1.54, 1.807) is 7.11 Å². The molecule has 1 atom stereocenters. The number of ether oxygens (including phenoxy) is 1. The quantitative estimate of drug-likeness (QED) is 0.776. The number of hydrogen-bond acceptors (Lipinski definition) is 4. The van der Waals surface area contributed by atoms with Crippen LogP contribution in [-0.4, -0.2) is 40.5 Å². The van der Waals surface area contributed by atoms with Crippen molar-refractivity contribution < 1.29 is 9.84 Å². The van der Waals surface area contributed by atoms with E-state index in [2.05, 4.69) is 22.5 Å². The molecule has 1 aromatic carbocycles. The molecule has 0 bridgehead atoms. The molecular formula is C16H25N3O2. The van der Waals surface area contributed by atoms with Gasteiger partial charge in [0.2, 0.25) is 0 Å². The summed E-state index contributed by atoms with van der Waals surface area (Å²) in [5.41, 5.74) is 6.73. The summed E-state index contributed by atoms with van der Waals surface area (Å²) in [6, 6.07) is 8.05. The van der Waals surface area contributed by atoms with Crippen molar-refractivity contribution in [2.75, 3.05) is 20.3 Å². The van der Waals surface area contributed by atoms with Crippen LogP contribution in [0.4, 0.5) is 0 Å². The van der Waals surface area contributed by atoms with Crippen molar-refractivity contribution in [3.8, 4) is 0 Å². The molecule has 0 aliphatic heterocycles. The van der Waals surface area contributed by atoms with Gasteiger partial charge in [0.25, 0.3) is 0 Å². The first-order valence-electron chi connectivity index (χ1n) is 7.49. The SMILES string of the molecule is CCn1c(CC(O)(CCCN)COC)nc2ccccc21. The zero-order valence-corrected chi connectivity index (χ0v) is 12.9. The molecule has 116 valence electrons. The molecule has 3 N–H and O–H groups in total. The molecule has 5 nitrogen and oxygen atoms in total. The smallest absolute Gasteiger partial charge is 0.112 e. The molecule has 0 spiro atoms. The predicted molar refractivity (Wildman–Crippen MR) is 84.2 cm³/mol. The van der Waals surface area contributed by atoms with Gasteiger partial charge in [0, 0.05) is 20.1 Å². The van der Waals surface area contributed by atoms with Crippen LogP contribution in [0.15, 0.2) is 24.3 Å². The lowest BCUT2D eigenvalue weighted by Crippen LogP contribution is -2.38. The Labute approximate surface area is 125 Å². The molecule has 0 fully saturated rings. The molecule has 0 aliphatic carbocycles. The Balaban J connectivity index is 2.31. The second-order valence-corrected chi connectivity index (χ2v) is 5.49. The summed E-state index contributed by atoms with van der Waals surface area (Å²) >= 11 is 0. The average molecular weight is 291 g/mol. The monoisotopic (exact) mass is 291 g/mol. The first-order chi connectivity index (χ1) is 10.1. The van der Waals surface area contributed by atoms with Gasteiger partial charge in [-0.2, -0.15) is 0 Å². The Hall–Kier alpha value is -1.43. The van der Waals surface area contributed by atoms with Crippen molar-refractivity contribution in [3.63, 3.8) is 0 Å². The minimum absolute atomic E-state index is 0.292. The highest BCUT2D eigenvalue weighted by molar-refractivity contribution is 5.75. The van der Waals surface area contributed by atoms with Crippen LogP contribution in [-0.2, 0) is 17.7 Å². The largest absolute Gasteiger partial charge is 0.387 e. The number of aryl methyl sites for hydroxylation is 1. The number of imidazole rings is 1. The lowest BCUT2D eigenvalue weighted by atomic mass is 9.94. The molecule has 1 aromatic heterocycles. The van der Waals surface area contributed by atoms with Crippen molar-refractivity contribution in [1.82, 2.24) is 9.55 Å². The van der Waals surface area contributed by atoms with Gasteiger partial charge in [-0.05, 0) is 38.4 Å². The van der Waals surface area contributed by atoms with Crippen molar-refractivity contribution in [2.45, 2.75) is 38.3 Å². The second kappa shape index (κ2) is 7.02. The van der Waals surface area contributed by atoms with E-state index in [0.717, 1.165) is 29.8 Å². The fourth-order valence-electron chi connectivity index (χ4n) is 2.82. The van der Waals surface area contributed by atoms with Gasteiger partial charge in [-0.3, -0.25) is 0 Å². The normalized spacial score (nSPS) is 14.5.